The molecule has 1 atom stereocenters. The van der Waals surface area contributed by atoms with E-state index in [4.69, 9.17) is 4.18 Å². The fourth-order valence-electron chi connectivity index (χ4n) is 2.48. The first kappa shape index (κ1) is 19.2. The van der Waals surface area contributed by atoms with E-state index < -0.39 is 15.7 Å². The van der Waals surface area contributed by atoms with E-state index in [-0.39, 0.29) is 5.75 Å². The monoisotopic (exact) mass is 326 g/mol. The quantitative estimate of drug-likeness (QED) is 0.423. The molecule has 0 saturated heterocycles. The maximum absolute atomic E-state index is 12.2. The van der Waals surface area contributed by atoms with Gasteiger partial charge >= 0.3 is 0 Å². The Balaban J connectivity index is 2.54. The van der Waals surface area contributed by atoms with Gasteiger partial charge in [-0.2, -0.15) is 8.42 Å². The summed E-state index contributed by atoms with van der Waals surface area (Å²) in [6, 6.07) is 9.58. The molecule has 1 unspecified atom stereocenters. The molecule has 126 valence electrons. The Morgan fingerprint density at radius 3 is 2.14 bits per heavy atom. The Kier molecular flexibility index (Phi) is 8.12. The summed E-state index contributed by atoms with van der Waals surface area (Å²) in [6.45, 7) is 5.97. The number of rotatable bonds is 11. The maximum atomic E-state index is 12.2. The Morgan fingerprint density at radius 1 is 0.955 bits per heavy atom. The molecule has 4 heteroatoms. The molecule has 1 aromatic rings. The van der Waals surface area contributed by atoms with E-state index >= 15 is 0 Å². The van der Waals surface area contributed by atoms with Gasteiger partial charge in [0.25, 0.3) is 10.1 Å². The van der Waals surface area contributed by atoms with Crippen molar-refractivity contribution in [1.29, 1.82) is 0 Å². The van der Waals surface area contributed by atoms with E-state index in [1.54, 1.807) is 0 Å². The lowest BCUT2D eigenvalue weighted by molar-refractivity contribution is 0.0909. The molecule has 1 rings (SSSR count). The van der Waals surface area contributed by atoms with Gasteiger partial charge in [-0.3, -0.25) is 4.18 Å². The van der Waals surface area contributed by atoms with Crippen molar-refractivity contribution in [2.45, 2.75) is 71.3 Å². The van der Waals surface area contributed by atoms with Gasteiger partial charge in [-0.25, -0.2) is 0 Å². The summed E-state index contributed by atoms with van der Waals surface area (Å²) >= 11 is 0. The second kappa shape index (κ2) is 9.31. The van der Waals surface area contributed by atoms with E-state index in [2.05, 4.69) is 6.92 Å². The number of hydrogen-bond acceptors (Lipinski definition) is 3. The molecule has 0 amide bonds. The molecular weight excluding hydrogens is 296 g/mol. The van der Waals surface area contributed by atoms with Gasteiger partial charge in [0.15, 0.2) is 0 Å². The predicted molar refractivity (Wildman–Crippen MR) is 92.3 cm³/mol. The zero-order valence-corrected chi connectivity index (χ0v) is 15.0. The van der Waals surface area contributed by atoms with Crippen LogP contribution in [0.1, 0.15) is 71.3 Å². The van der Waals surface area contributed by atoms with Crippen LogP contribution in [0.5, 0.6) is 0 Å². The molecule has 1 aromatic carbocycles. The molecule has 0 heterocycles. The molecule has 0 N–H and O–H groups in total. The summed E-state index contributed by atoms with van der Waals surface area (Å²) in [5.41, 5.74) is 0.131. The Hall–Kier alpha value is -0.870. The van der Waals surface area contributed by atoms with Crippen LogP contribution in [0, 0.1) is 0 Å². The largest absolute Gasteiger partial charge is 0.268 e. The third-order valence-corrected chi connectivity index (χ3v) is 5.53. The van der Waals surface area contributed by atoms with E-state index in [0.29, 0.717) is 12.8 Å². The molecule has 0 spiro atoms. The summed E-state index contributed by atoms with van der Waals surface area (Å²) in [4.78, 5) is 0. The van der Waals surface area contributed by atoms with Crippen LogP contribution in [0.15, 0.2) is 30.3 Å². The normalized spacial score (nSPS) is 14.7. The van der Waals surface area contributed by atoms with Crippen molar-refractivity contribution in [1.82, 2.24) is 0 Å². The van der Waals surface area contributed by atoms with Gasteiger partial charge < -0.3 is 0 Å². The van der Waals surface area contributed by atoms with Crippen molar-refractivity contribution >= 4 is 10.1 Å². The second-order valence-corrected chi connectivity index (χ2v) is 7.75. The van der Waals surface area contributed by atoms with Crippen molar-refractivity contribution in [3.8, 4) is 0 Å². The Morgan fingerprint density at radius 2 is 1.55 bits per heavy atom. The van der Waals surface area contributed by atoms with Gasteiger partial charge in [0.1, 0.15) is 5.60 Å². The fraction of sp³-hybridized carbons (Fsp3) is 0.667. The lowest BCUT2D eigenvalue weighted by atomic mass is 9.94. The highest BCUT2D eigenvalue weighted by Gasteiger charge is 2.31. The molecule has 3 nitrogen and oxygen atoms in total. The van der Waals surface area contributed by atoms with Gasteiger partial charge in [0.05, 0.1) is 5.75 Å². The summed E-state index contributed by atoms with van der Waals surface area (Å²) < 4.78 is 30.1. The Bertz CT molecular complexity index is 510. The molecule has 0 saturated carbocycles. The summed E-state index contributed by atoms with van der Waals surface area (Å²) in [5, 5.41) is 0. The van der Waals surface area contributed by atoms with Gasteiger partial charge in [-0.05, 0) is 25.3 Å². The SMILES string of the molecule is CCCCCCCCS(=O)(=O)OC(C)(CC)c1ccccc1. The van der Waals surface area contributed by atoms with Crippen molar-refractivity contribution in [2.75, 3.05) is 5.75 Å². The molecule has 0 bridgehead atoms. The first-order chi connectivity index (χ1) is 10.4. The summed E-state index contributed by atoms with van der Waals surface area (Å²) in [7, 11) is -3.49. The number of benzene rings is 1. The molecule has 0 aliphatic carbocycles. The third kappa shape index (κ3) is 6.49. The highest BCUT2D eigenvalue weighted by atomic mass is 32.2. The predicted octanol–water partition coefficient (Wildman–Crippen LogP) is 5.02. The van der Waals surface area contributed by atoms with Crippen molar-refractivity contribution in [3.63, 3.8) is 0 Å². The minimum Gasteiger partial charge on any atom is -0.259 e. The van der Waals surface area contributed by atoms with Crippen molar-refractivity contribution in [3.05, 3.63) is 35.9 Å². The van der Waals surface area contributed by atoms with Crippen LogP contribution in [-0.4, -0.2) is 14.2 Å². The van der Waals surface area contributed by atoms with Crippen molar-refractivity contribution in [2.24, 2.45) is 0 Å². The Labute approximate surface area is 136 Å². The third-order valence-electron chi connectivity index (χ3n) is 4.12. The van der Waals surface area contributed by atoms with Crippen LogP contribution >= 0.6 is 0 Å². The van der Waals surface area contributed by atoms with Crippen LogP contribution in [0.25, 0.3) is 0 Å². The van der Waals surface area contributed by atoms with Crippen LogP contribution in [0.2, 0.25) is 0 Å². The first-order valence-corrected chi connectivity index (χ1v) is 10.00. The molecule has 0 radical (unpaired) electrons. The highest BCUT2D eigenvalue weighted by molar-refractivity contribution is 7.86. The average molecular weight is 327 g/mol. The average Bonchev–Trinajstić information content (AvgIpc) is 2.51. The minimum atomic E-state index is -3.49. The maximum Gasteiger partial charge on any atom is 0.268 e. The number of hydrogen-bond donors (Lipinski definition) is 0. The van der Waals surface area contributed by atoms with E-state index in [0.717, 1.165) is 18.4 Å². The highest BCUT2D eigenvalue weighted by Crippen LogP contribution is 2.31. The molecule has 0 aliphatic heterocycles. The van der Waals surface area contributed by atoms with E-state index in [1.807, 2.05) is 44.2 Å². The standard InChI is InChI=1S/C18H30O3S/c1-4-6-7-8-9-13-16-22(19,20)21-18(3,5-2)17-14-11-10-12-15-17/h10-12,14-15H,4-9,13,16H2,1-3H3. The zero-order valence-electron chi connectivity index (χ0n) is 14.2. The topological polar surface area (TPSA) is 43.4 Å². The lowest BCUT2D eigenvalue weighted by Gasteiger charge is -2.28. The molecular formula is C18H30O3S. The zero-order chi connectivity index (χ0) is 16.5. The summed E-state index contributed by atoms with van der Waals surface area (Å²) in [6.07, 6.45) is 6.98. The fourth-order valence-corrected chi connectivity index (χ4v) is 3.90. The molecule has 0 fully saturated rings. The lowest BCUT2D eigenvalue weighted by Crippen LogP contribution is -2.29. The van der Waals surface area contributed by atoms with Crippen LogP contribution in [0.3, 0.4) is 0 Å². The summed E-state index contributed by atoms with van der Waals surface area (Å²) in [5.74, 6) is 0.113. The van der Waals surface area contributed by atoms with Crippen LogP contribution in [-0.2, 0) is 19.9 Å². The van der Waals surface area contributed by atoms with Gasteiger partial charge in [0.2, 0.25) is 0 Å². The van der Waals surface area contributed by atoms with Gasteiger partial charge in [-0.1, -0.05) is 76.3 Å². The van der Waals surface area contributed by atoms with E-state index in [9.17, 15) is 8.42 Å². The van der Waals surface area contributed by atoms with Gasteiger partial charge in [0, 0.05) is 0 Å². The van der Waals surface area contributed by atoms with Gasteiger partial charge in [-0.15, -0.1) is 0 Å². The van der Waals surface area contributed by atoms with Crippen molar-refractivity contribution < 1.29 is 12.6 Å². The van der Waals surface area contributed by atoms with E-state index in [1.165, 1.54) is 19.3 Å². The first-order valence-electron chi connectivity index (χ1n) is 8.42. The molecule has 0 aliphatic rings. The smallest absolute Gasteiger partial charge is 0.259 e. The second-order valence-electron chi connectivity index (χ2n) is 6.06. The molecule has 0 aromatic heterocycles. The minimum absolute atomic E-state index is 0.113. The van der Waals surface area contributed by atoms with Crippen LogP contribution < -0.4 is 0 Å². The van der Waals surface area contributed by atoms with Crippen LogP contribution in [0.4, 0.5) is 0 Å². The molecule has 22 heavy (non-hydrogen) atoms. The number of unbranched alkanes of at least 4 members (excludes halogenated alkanes) is 5.